The second-order valence-electron chi connectivity index (χ2n) is 3.92. The van der Waals surface area contributed by atoms with E-state index in [9.17, 15) is 4.79 Å². The molecule has 56 valence electrons. The smallest absolute Gasteiger partial charge is 0.138 e. The van der Waals surface area contributed by atoms with Crippen LogP contribution < -0.4 is 0 Å². The van der Waals surface area contributed by atoms with Gasteiger partial charge in [-0.1, -0.05) is 6.92 Å². The van der Waals surface area contributed by atoms with Crippen molar-refractivity contribution in [3.8, 4) is 0 Å². The summed E-state index contributed by atoms with van der Waals surface area (Å²) in [5.41, 5.74) is 0. The van der Waals surface area contributed by atoms with E-state index in [2.05, 4.69) is 6.92 Å². The first kappa shape index (κ1) is 6.38. The maximum absolute atomic E-state index is 11.4. The van der Waals surface area contributed by atoms with Gasteiger partial charge in [0.2, 0.25) is 0 Å². The molecule has 2 aliphatic carbocycles. The molecule has 0 radical (unpaired) electrons. The molecule has 0 heterocycles. The Labute approximate surface area is 61.8 Å². The number of rotatable bonds is 0. The van der Waals surface area contributed by atoms with Gasteiger partial charge in [-0.05, 0) is 31.6 Å². The number of hydrogen-bond donors (Lipinski definition) is 0. The Balaban J connectivity index is 2.17. The van der Waals surface area contributed by atoms with Crippen LogP contribution in [0.1, 0.15) is 32.6 Å². The fourth-order valence-electron chi connectivity index (χ4n) is 2.57. The maximum Gasteiger partial charge on any atom is 0.138 e. The van der Waals surface area contributed by atoms with Gasteiger partial charge in [-0.25, -0.2) is 0 Å². The van der Waals surface area contributed by atoms with E-state index >= 15 is 0 Å². The van der Waals surface area contributed by atoms with Gasteiger partial charge in [0.05, 0.1) is 0 Å². The van der Waals surface area contributed by atoms with Gasteiger partial charge in [0.1, 0.15) is 5.78 Å². The fourth-order valence-corrected chi connectivity index (χ4v) is 2.57. The van der Waals surface area contributed by atoms with E-state index in [1.165, 1.54) is 25.7 Å². The zero-order valence-corrected chi connectivity index (χ0v) is 6.47. The summed E-state index contributed by atoms with van der Waals surface area (Å²) in [5, 5.41) is 0. The van der Waals surface area contributed by atoms with Crippen molar-refractivity contribution in [2.75, 3.05) is 0 Å². The molecule has 0 aliphatic heterocycles. The molecule has 0 spiro atoms. The van der Waals surface area contributed by atoms with Crippen molar-refractivity contribution in [2.24, 2.45) is 17.8 Å². The monoisotopic (exact) mass is 138 g/mol. The van der Waals surface area contributed by atoms with Crippen LogP contribution >= 0.6 is 0 Å². The van der Waals surface area contributed by atoms with Crippen LogP contribution in [0.25, 0.3) is 0 Å². The highest BCUT2D eigenvalue weighted by molar-refractivity contribution is 5.84. The predicted octanol–water partition coefficient (Wildman–Crippen LogP) is 2.01. The summed E-state index contributed by atoms with van der Waals surface area (Å²) in [6.07, 6.45) is 4.90. The molecule has 1 unspecified atom stereocenters. The molecule has 2 rings (SSSR count). The standard InChI is InChI=1S/C9H14O/c1-6-4-7-2-3-8(5-7)9(6)10/h6-8H,2-5H2,1H3/t6?,7-,8-/m1/s1. The van der Waals surface area contributed by atoms with Gasteiger partial charge >= 0.3 is 0 Å². The number of Topliss-reactive ketones (excluding diaryl/α,β-unsaturated/α-hetero) is 1. The lowest BCUT2D eigenvalue weighted by Gasteiger charge is -2.22. The van der Waals surface area contributed by atoms with Gasteiger partial charge < -0.3 is 0 Å². The summed E-state index contributed by atoms with van der Waals surface area (Å²) >= 11 is 0. The summed E-state index contributed by atoms with van der Waals surface area (Å²) < 4.78 is 0. The van der Waals surface area contributed by atoms with E-state index in [1.807, 2.05) is 0 Å². The Hall–Kier alpha value is -0.330. The first-order chi connectivity index (χ1) is 4.77. The topological polar surface area (TPSA) is 17.1 Å². The van der Waals surface area contributed by atoms with E-state index in [-0.39, 0.29) is 0 Å². The van der Waals surface area contributed by atoms with Crippen molar-refractivity contribution >= 4 is 5.78 Å². The summed E-state index contributed by atoms with van der Waals surface area (Å²) in [6, 6.07) is 0. The molecule has 0 aromatic heterocycles. The van der Waals surface area contributed by atoms with Gasteiger partial charge in [0, 0.05) is 11.8 Å². The Morgan fingerprint density at radius 1 is 1.30 bits per heavy atom. The molecule has 1 heteroatoms. The first-order valence-electron chi connectivity index (χ1n) is 4.31. The zero-order valence-electron chi connectivity index (χ0n) is 6.47. The van der Waals surface area contributed by atoms with Crippen molar-refractivity contribution in [1.29, 1.82) is 0 Å². The summed E-state index contributed by atoms with van der Waals surface area (Å²) in [6.45, 7) is 2.09. The van der Waals surface area contributed by atoms with Crippen LogP contribution in [0.3, 0.4) is 0 Å². The van der Waals surface area contributed by atoms with Crippen molar-refractivity contribution in [2.45, 2.75) is 32.6 Å². The molecule has 10 heavy (non-hydrogen) atoms. The minimum atomic E-state index is 0.381. The largest absolute Gasteiger partial charge is 0.299 e. The van der Waals surface area contributed by atoms with Gasteiger partial charge in [-0.15, -0.1) is 0 Å². The van der Waals surface area contributed by atoms with Crippen LogP contribution in [-0.4, -0.2) is 5.78 Å². The molecule has 0 aromatic carbocycles. The predicted molar refractivity (Wildman–Crippen MR) is 39.6 cm³/mol. The zero-order chi connectivity index (χ0) is 7.14. The number of carbonyl (C=O) groups is 1. The highest BCUT2D eigenvalue weighted by Gasteiger charge is 2.38. The maximum atomic E-state index is 11.4. The Morgan fingerprint density at radius 3 is 2.90 bits per heavy atom. The molecular weight excluding hydrogens is 124 g/mol. The quantitative estimate of drug-likeness (QED) is 0.500. The summed E-state index contributed by atoms with van der Waals surface area (Å²) in [7, 11) is 0. The van der Waals surface area contributed by atoms with E-state index in [1.54, 1.807) is 0 Å². The minimum Gasteiger partial charge on any atom is -0.299 e. The molecule has 2 aliphatic rings. The van der Waals surface area contributed by atoms with Crippen LogP contribution in [0.2, 0.25) is 0 Å². The lowest BCUT2D eigenvalue weighted by molar-refractivity contribution is -0.128. The van der Waals surface area contributed by atoms with Crippen LogP contribution in [0.15, 0.2) is 0 Å². The summed E-state index contributed by atoms with van der Waals surface area (Å²) in [4.78, 5) is 11.4. The third-order valence-electron chi connectivity index (χ3n) is 3.12. The third kappa shape index (κ3) is 0.799. The average Bonchev–Trinajstić information content (AvgIpc) is 2.29. The number of carbonyl (C=O) groups excluding carboxylic acids is 1. The van der Waals surface area contributed by atoms with Crippen molar-refractivity contribution in [3.05, 3.63) is 0 Å². The molecule has 2 bridgehead atoms. The van der Waals surface area contributed by atoms with Crippen molar-refractivity contribution in [3.63, 3.8) is 0 Å². The van der Waals surface area contributed by atoms with E-state index < -0.39 is 0 Å². The van der Waals surface area contributed by atoms with Crippen LogP contribution in [0.5, 0.6) is 0 Å². The SMILES string of the molecule is CC1C[C@H]2CC[C@H](C2)C1=O. The summed E-state index contributed by atoms with van der Waals surface area (Å²) in [5.74, 6) is 2.30. The number of hydrogen-bond acceptors (Lipinski definition) is 1. The van der Waals surface area contributed by atoms with Crippen LogP contribution in [0, 0.1) is 17.8 Å². The van der Waals surface area contributed by atoms with Crippen LogP contribution in [0.4, 0.5) is 0 Å². The molecule has 0 N–H and O–H groups in total. The van der Waals surface area contributed by atoms with Gasteiger partial charge in [-0.3, -0.25) is 4.79 Å². The highest BCUT2D eigenvalue weighted by atomic mass is 16.1. The Kier molecular flexibility index (Phi) is 1.33. The lowest BCUT2D eigenvalue weighted by Crippen LogP contribution is -2.25. The molecule has 2 fully saturated rings. The fraction of sp³-hybridized carbons (Fsp3) is 0.889. The number of ketones is 1. The molecule has 1 nitrogen and oxygen atoms in total. The molecule has 0 amide bonds. The lowest BCUT2D eigenvalue weighted by atomic mass is 9.81. The number of fused-ring (bicyclic) bond motifs is 2. The Morgan fingerprint density at radius 2 is 2.10 bits per heavy atom. The first-order valence-corrected chi connectivity index (χ1v) is 4.31. The van der Waals surface area contributed by atoms with Gasteiger partial charge in [0.15, 0.2) is 0 Å². The van der Waals surface area contributed by atoms with E-state index in [0.29, 0.717) is 17.6 Å². The normalized spacial score (nSPS) is 46.1. The Bertz CT molecular complexity index is 162. The molecule has 3 atom stereocenters. The second kappa shape index (κ2) is 2.08. The van der Waals surface area contributed by atoms with Crippen molar-refractivity contribution in [1.82, 2.24) is 0 Å². The van der Waals surface area contributed by atoms with Gasteiger partial charge in [0.25, 0.3) is 0 Å². The van der Waals surface area contributed by atoms with Crippen LogP contribution in [-0.2, 0) is 4.79 Å². The van der Waals surface area contributed by atoms with E-state index in [0.717, 1.165) is 5.92 Å². The van der Waals surface area contributed by atoms with E-state index in [4.69, 9.17) is 0 Å². The average molecular weight is 138 g/mol. The molecule has 2 saturated carbocycles. The molecular formula is C9H14O. The second-order valence-corrected chi connectivity index (χ2v) is 3.92. The highest BCUT2D eigenvalue weighted by Crippen LogP contribution is 2.42. The molecule has 0 aromatic rings. The minimum absolute atomic E-state index is 0.381. The van der Waals surface area contributed by atoms with Crippen molar-refractivity contribution < 1.29 is 4.79 Å². The van der Waals surface area contributed by atoms with Gasteiger partial charge in [-0.2, -0.15) is 0 Å². The molecule has 0 saturated heterocycles. The third-order valence-corrected chi connectivity index (χ3v) is 3.12.